The van der Waals surface area contributed by atoms with Gasteiger partial charge in [-0.05, 0) is 0 Å². The van der Waals surface area contributed by atoms with Crippen LogP contribution in [0.4, 0.5) is 0 Å². The van der Waals surface area contributed by atoms with Crippen molar-refractivity contribution in [1.29, 1.82) is 5.26 Å². The molecule has 2 rings (SSSR count). The lowest BCUT2D eigenvalue weighted by Gasteiger charge is -2.00. The molecule has 0 amide bonds. The zero-order valence-electron chi connectivity index (χ0n) is 7.90. The van der Waals surface area contributed by atoms with Gasteiger partial charge >= 0.3 is 5.97 Å². The molecule has 0 saturated heterocycles. The summed E-state index contributed by atoms with van der Waals surface area (Å²) >= 11 is 0. The highest BCUT2D eigenvalue weighted by molar-refractivity contribution is 5.85. The van der Waals surface area contributed by atoms with Gasteiger partial charge in [0.2, 0.25) is 0 Å². The van der Waals surface area contributed by atoms with Crippen LogP contribution in [0.3, 0.4) is 0 Å². The summed E-state index contributed by atoms with van der Waals surface area (Å²) in [7, 11) is 0. The van der Waals surface area contributed by atoms with Crippen LogP contribution < -0.4 is 0 Å². The summed E-state index contributed by atoms with van der Waals surface area (Å²) in [5.74, 6) is -0.883. The van der Waals surface area contributed by atoms with Crippen molar-refractivity contribution >= 4 is 5.97 Å². The van der Waals surface area contributed by atoms with E-state index in [4.69, 9.17) is 10.4 Å². The predicted molar refractivity (Wildman–Crippen MR) is 50.8 cm³/mol. The number of aromatic carboxylic acids is 1. The lowest BCUT2D eigenvalue weighted by molar-refractivity contribution is 0.0691. The molecule has 0 atom stereocenters. The molecule has 2 aromatic rings. The Labute approximate surface area is 89.6 Å². The first-order valence-electron chi connectivity index (χ1n) is 4.21. The highest BCUT2D eigenvalue weighted by Gasteiger charge is 2.11. The van der Waals surface area contributed by atoms with E-state index in [1.807, 2.05) is 6.07 Å². The Morgan fingerprint density at radius 2 is 2.12 bits per heavy atom. The molecule has 0 aliphatic carbocycles. The average molecular weight is 215 g/mol. The van der Waals surface area contributed by atoms with Gasteiger partial charge in [0.15, 0.2) is 17.2 Å². The number of carbonyl (C=O) groups is 1. The van der Waals surface area contributed by atoms with E-state index in [0.29, 0.717) is 0 Å². The second kappa shape index (κ2) is 3.78. The minimum atomic E-state index is -1.14. The summed E-state index contributed by atoms with van der Waals surface area (Å²) in [5.41, 5.74) is -0.00798. The molecule has 0 spiro atoms. The van der Waals surface area contributed by atoms with Crippen molar-refractivity contribution in [2.24, 2.45) is 0 Å². The Balaban J connectivity index is 2.51. The van der Waals surface area contributed by atoms with Crippen LogP contribution in [0.1, 0.15) is 16.2 Å². The molecule has 2 aromatic heterocycles. The Morgan fingerprint density at radius 1 is 1.38 bits per heavy atom. The van der Waals surface area contributed by atoms with Crippen molar-refractivity contribution in [3.63, 3.8) is 0 Å². The average Bonchev–Trinajstić information content (AvgIpc) is 2.78. The number of carboxylic acid groups (broad SMARTS) is 1. The van der Waals surface area contributed by atoms with Gasteiger partial charge in [-0.15, -0.1) is 0 Å². The number of imidazole rings is 1. The van der Waals surface area contributed by atoms with Crippen molar-refractivity contribution in [3.05, 3.63) is 36.3 Å². The Kier molecular flexibility index (Phi) is 2.31. The van der Waals surface area contributed by atoms with E-state index in [-0.39, 0.29) is 17.2 Å². The molecule has 16 heavy (non-hydrogen) atoms. The molecule has 0 fully saturated rings. The summed E-state index contributed by atoms with van der Waals surface area (Å²) in [6.45, 7) is 0. The van der Waals surface area contributed by atoms with Crippen LogP contribution in [-0.4, -0.2) is 30.6 Å². The molecule has 0 unspecified atom stereocenters. The molecule has 0 radical (unpaired) electrons. The number of carboxylic acids is 1. The van der Waals surface area contributed by atoms with Crippen LogP contribution in [0.25, 0.3) is 5.82 Å². The second-order valence-electron chi connectivity index (χ2n) is 2.81. The van der Waals surface area contributed by atoms with Gasteiger partial charge in [-0.25, -0.2) is 19.7 Å². The normalized spacial score (nSPS) is 9.69. The molecule has 1 N–H and O–H groups in total. The lowest BCUT2D eigenvalue weighted by atomic mass is 10.4. The molecule has 0 aliphatic rings. The van der Waals surface area contributed by atoms with Crippen LogP contribution in [0.5, 0.6) is 0 Å². The van der Waals surface area contributed by atoms with E-state index in [0.717, 1.165) is 0 Å². The Morgan fingerprint density at radius 3 is 2.75 bits per heavy atom. The summed E-state index contributed by atoms with van der Waals surface area (Å²) in [6.07, 6.45) is 5.34. The largest absolute Gasteiger partial charge is 0.476 e. The maximum Gasteiger partial charge on any atom is 0.356 e. The Bertz CT molecular complexity index is 584. The van der Waals surface area contributed by atoms with Gasteiger partial charge in [0.1, 0.15) is 12.4 Å². The molecule has 78 valence electrons. The van der Waals surface area contributed by atoms with Gasteiger partial charge < -0.3 is 5.11 Å². The SMILES string of the molecule is N#Cc1nccnc1-n1cnc(C(=O)O)c1. The standard InChI is InChI=1S/C9H5N5O2/c10-3-6-8(12-2-1-11-6)14-4-7(9(15)16)13-5-14/h1-2,4-5H,(H,15,16). The quantitative estimate of drug-likeness (QED) is 0.768. The highest BCUT2D eigenvalue weighted by Crippen LogP contribution is 2.08. The zero-order valence-corrected chi connectivity index (χ0v) is 7.90. The summed E-state index contributed by atoms with van der Waals surface area (Å²) in [4.78, 5) is 22.0. The van der Waals surface area contributed by atoms with Crippen LogP contribution in [0, 0.1) is 11.3 Å². The van der Waals surface area contributed by atoms with Crippen molar-refractivity contribution in [1.82, 2.24) is 19.5 Å². The van der Waals surface area contributed by atoms with Crippen LogP contribution >= 0.6 is 0 Å². The molecule has 0 aliphatic heterocycles. The van der Waals surface area contributed by atoms with Gasteiger partial charge in [-0.3, -0.25) is 4.57 Å². The third kappa shape index (κ3) is 1.59. The maximum absolute atomic E-state index is 10.6. The summed E-state index contributed by atoms with van der Waals surface area (Å²) < 4.78 is 1.34. The van der Waals surface area contributed by atoms with Crippen LogP contribution in [-0.2, 0) is 0 Å². The molecule has 0 bridgehead atoms. The first kappa shape index (κ1) is 9.79. The maximum atomic E-state index is 10.6. The van der Waals surface area contributed by atoms with E-state index in [1.165, 1.54) is 29.5 Å². The lowest BCUT2D eigenvalue weighted by Crippen LogP contribution is -2.00. The fourth-order valence-corrected chi connectivity index (χ4v) is 1.15. The first-order valence-corrected chi connectivity index (χ1v) is 4.21. The molecule has 2 heterocycles. The smallest absolute Gasteiger partial charge is 0.356 e. The minimum Gasteiger partial charge on any atom is -0.476 e. The minimum absolute atomic E-state index is 0.108. The van der Waals surface area contributed by atoms with Gasteiger partial charge in [0.05, 0.1) is 0 Å². The van der Waals surface area contributed by atoms with E-state index in [9.17, 15) is 4.79 Å². The van der Waals surface area contributed by atoms with E-state index in [2.05, 4.69) is 15.0 Å². The van der Waals surface area contributed by atoms with E-state index < -0.39 is 5.97 Å². The predicted octanol–water partition coefficient (Wildman–Crippen LogP) is 0.232. The summed E-state index contributed by atoms with van der Waals surface area (Å²) in [6, 6.07) is 1.86. The third-order valence-corrected chi connectivity index (χ3v) is 1.83. The molecule has 7 nitrogen and oxygen atoms in total. The zero-order chi connectivity index (χ0) is 11.5. The molecule has 0 saturated carbocycles. The van der Waals surface area contributed by atoms with Gasteiger partial charge in [-0.1, -0.05) is 0 Å². The molecular formula is C9H5N5O2. The number of nitriles is 1. The van der Waals surface area contributed by atoms with Crippen molar-refractivity contribution in [3.8, 4) is 11.9 Å². The fraction of sp³-hybridized carbons (Fsp3) is 0. The number of aromatic nitrogens is 4. The van der Waals surface area contributed by atoms with Gasteiger partial charge in [-0.2, -0.15) is 5.26 Å². The van der Waals surface area contributed by atoms with Crippen molar-refractivity contribution < 1.29 is 9.90 Å². The highest BCUT2D eigenvalue weighted by atomic mass is 16.4. The topological polar surface area (TPSA) is 105 Å². The summed E-state index contributed by atoms with van der Waals surface area (Å²) in [5, 5.41) is 17.5. The first-order chi connectivity index (χ1) is 7.72. The number of nitrogens with zero attached hydrogens (tertiary/aromatic N) is 5. The molecule has 0 aromatic carbocycles. The van der Waals surface area contributed by atoms with Crippen LogP contribution in [0.15, 0.2) is 24.9 Å². The van der Waals surface area contributed by atoms with Crippen molar-refractivity contribution in [2.45, 2.75) is 0 Å². The number of hydrogen-bond acceptors (Lipinski definition) is 5. The number of rotatable bonds is 2. The van der Waals surface area contributed by atoms with E-state index >= 15 is 0 Å². The molecule has 7 heteroatoms. The Hall–Kier alpha value is -2.75. The number of hydrogen-bond donors (Lipinski definition) is 1. The fourth-order valence-electron chi connectivity index (χ4n) is 1.15. The van der Waals surface area contributed by atoms with Gasteiger partial charge in [0.25, 0.3) is 0 Å². The van der Waals surface area contributed by atoms with Gasteiger partial charge in [0, 0.05) is 18.6 Å². The third-order valence-electron chi connectivity index (χ3n) is 1.83. The second-order valence-corrected chi connectivity index (χ2v) is 2.81. The van der Waals surface area contributed by atoms with E-state index in [1.54, 1.807) is 0 Å². The van der Waals surface area contributed by atoms with Crippen LogP contribution in [0.2, 0.25) is 0 Å². The monoisotopic (exact) mass is 215 g/mol. The van der Waals surface area contributed by atoms with Crippen molar-refractivity contribution in [2.75, 3.05) is 0 Å². The molecular weight excluding hydrogens is 210 g/mol.